The number of hydrogen-bond donors (Lipinski definition) is 0. The van der Waals surface area contributed by atoms with Crippen LogP contribution in [0.3, 0.4) is 0 Å². The maximum atomic E-state index is 8.24. The molecule has 78 valence electrons. The Kier molecular flexibility index (Phi) is 19.8. The second-order valence-corrected chi connectivity index (χ2v) is 2.19. The van der Waals surface area contributed by atoms with Crippen LogP contribution in [0.2, 0.25) is 0 Å². The Balaban J connectivity index is 0. The first-order chi connectivity index (χ1) is 6.33. The van der Waals surface area contributed by atoms with Crippen molar-refractivity contribution in [2.24, 2.45) is 0 Å². The topological polar surface area (TPSA) is 57.8 Å². The molecule has 1 aliphatic heterocycles. The van der Waals surface area contributed by atoms with Crippen molar-refractivity contribution in [3.05, 3.63) is 5.41 Å². The predicted octanol–water partition coefficient (Wildman–Crippen LogP) is 1.73. The van der Waals surface area contributed by atoms with E-state index in [1.54, 1.807) is 0 Å². The van der Waals surface area contributed by atoms with Gasteiger partial charge in [-0.3, -0.25) is 4.79 Å². The first kappa shape index (κ1) is 14.8. The van der Waals surface area contributed by atoms with Gasteiger partial charge in [0.25, 0.3) is 0 Å². The van der Waals surface area contributed by atoms with Crippen LogP contribution in [0.5, 0.6) is 0 Å². The SMILES string of the molecule is C1CCOC1.CCOCC.[N-]=C=O. The van der Waals surface area contributed by atoms with Crippen LogP contribution >= 0.6 is 0 Å². The minimum atomic E-state index is 0.500. The second kappa shape index (κ2) is 17.4. The van der Waals surface area contributed by atoms with E-state index >= 15 is 0 Å². The summed E-state index contributed by atoms with van der Waals surface area (Å²) >= 11 is 0. The minimum Gasteiger partial charge on any atom is -0.724 e. The Bertz CT molecular complexity index is 97.8. The Hall–Kier alpha value is -0.700. The smallest absolute Gasteiger partial charge is 0.0466 e. The van der Waals surface area contributed by atoms with E-state index in [2.05, 4.69) is 0 Å². The highest BCUT2D eigenvalue weighted by Gasteiger charge is 1.94. The molecule has 0 atom stereocenters. The van der Waals surface area contributed by atoms with Crippen molar-refractivity contribution in [1.82, 2.24) is 0 Å². The summed E-state index contributed by atoms with van der Waals surface area (Å²) in [5.74, 6) is 0. The van der Waals surface area contributed by atoms with Gasteiger partial charge in [0.1, 0.15) is 0 Å². The average Bonchev–Trinajstić information content (AvgIpc) is 2.64. The molecule has 1 aliphatic rings. The second-order valence-electron chi connectivity index (χ2n) is 2.19. The summed E-state index contributed by atoms with van der Waals surface area (Å²) in [6.45, 7) is 7.67. The standard InChI is InChI=1S/C4H8O.C4H10O.CNO/c1-2-4-5-3-1;1-3-5-4-2;2-1-3/h1-4H2;3-4H2,1-2H3;/q;;-1. The number of hydrogen-bond acceptors (Lipinski definition) is 3. The third-order valence-corrected chi connectivity index (χ3v) is 1.24. The number of rotatable bonds is 2. The molecule has 0 aromatic carbocycles. The van der Waals surface area contributed by atoms with Gasteiger partial charge < -0.3 is 14.9 Å². The van der Waals surface area contributed by atoms with Gasteiger partial charge in [0.2, 0.25) is 0 Å². The quantitative estimate of drug-likeness (QED) is 0.490. The normalized spacial score (nSPS) is 13.1. The van der Waals surface area contributed by atoms with Crippen molar-refractivity contribution in [3.63, 3.8) is 0 Å². The van der Waals surface area contributed by atoms with Gasteiger partial charge >= 0.3 is 0 Å². The molecular weight excluding hydrogens is 170 g/mol. The predicted molar refractivity (Wildman–Crippen MR) is 51.3 cm³/mol. The summed E-state index contributed by atoms with van der Waals surface area (Å²) in [5, 5.41) is 6.76. The summed E-state index contributed by atoms with van der Waals surface area (Å²) in [4.78, 5) is 8.24. The Morgan fingerprint density at radius 2 is 1.69 bits per heavy atom. The van der Waals surface area contributed by atoms with Crippen molar-refractivity contribution < 1.29 is 14.3 Å². The molecule has 0 bridgehead atoms. The molecule has 0 aliphatic carbocycles. The van der Waals surface area contributed by atoms with Crippen molar-refractivity contribution in [2.45, 2.75) is 26.7 Å². The van der Waals surface area contributed by atoms with Crippen LogP contribution < -0.4 is 0 Å². The van der Waals surface area contributed by atoms with Gasteiger partial charge in [0.15, 0.2) is 0 Å². The molecule has 0 saturated carbocycles. The van der Waals surface area contributed by atoms with E-state index in [-0.39, 0.29) is 0 Å². The fraction of sp³-hybridized carbons (Fsp3) is 0.889. The van der Waals surface area contributed by atoms with Gasteiger partial charge in [-0.2, -0.15) is 0 Å². The number of carbonyl (C=O) groups excluding carboxylic acids is 1. The summed E-state index contributed by atoms with van der Waals surface area (Å²) in [7, 11) is 0. The van der Waals surface area contributed by atoms with Gasteiger partial charge in [-0.25, -0.2) is 0 Å². The molecule has 1 rings (SSSR count). The lowest BCUT2D eigenvalue weighted by Crippen LogP contribution is -1.84. The van der Waals surface area contributed by atoms with Gasteiger partial charge in [-0.05, 0) is 32.8 Å². The Morgan fingerprint density at radius 1 is 1.31 bits per heavy atom. The van der Waals surface area contributed by atoms with Crippen molar-refractivity contribution in [3.8, 4) is 0 Å². The van der Waals surface area contributed by atoms with E-state index in [4.69, 9.17) is 19.7 Å². The van der Waals surface area contributed by atoms with E-state index in [1.807, 2.05) is 13.8 Å². The highest BCUT2D eigenvalue weighted by Crippen LogP contribution is 1.98. The van der Waals surface area contributed by atoms with Crippen LogP contribution in [0.4, 0.5) is 0 Å². The largest absolute Gasteiger partial charge is 0.724 e. The number of nitrogens with zero attached hydrogens (tertiary/aromatic N) is 1. The molecule has 0 radical (unpaired) electrons. The summed E-state index contributed by atoms with van der Waals surface area (Å²) in [6.07, 6.45) is 3.06. The zero-order valence-corrected chi connectivity index (χ0v) is 8.41. The molecule has 0 aromatic rings. The number of isocyanates is 1. The lowest BCUT2D eigenvalue weighted by molar-refractivity contribution is 0.162. The van der Waals surface area contributed by atoms with Crippen LogP contribution in [0.1, 0.15) is 26.7 Å². The lowest BCUT2D eigenvalue weighted by atomic mass is 10.4. The molecule has 13 heavy (non-hydrogen) atoms. The van der Waals surface area contributed by atoms with E-state index in [0.717, 1.165) is 26.4 Å². The van der Waals surface area contributed by atoms with Crippen LogP contribution in [-0.4, -0.2) is 32.5 Å². The third-order valence-electron chi connectivity index (χ3n) is 1.24. The number of ether oxygens (including phenoxy) is 2. The van der Waals surface area contributed by atoms with Gasteiger partial charge in [0, 0.05) is 26.4 Å². The lowest BCUT2D eigenvalue weighted by Gasteiger charge is -1.86. The summed E-state index contributed by atoms with van der Waals surface area (Å²) in [6, 6.07) is 0. The molecule has 4 nitrogen and oxygen atoms in total. The highest BCUT2D eigenvalue weighted by molar-refractivity contribution is 5.36. The van der Waals surface area contributed by atoms with Crippen molar-refractivity contribution in [2.75, 3.05) is 26.4 Å². The molecule has 0 unspecified atom stereocenters. The van der Waals surface area contributed by atoms with Crippen molar-refractivity contribution in [1.29, 1.82) is 0 Å². The Labute approximate surface area is 79.7 Å². The van der Waals surface area contributed by atoms with Crippen LogP contribution in [0, 0.1) is 0 Å². The first-order valence-electron chi connectivity index (χ1n) is 4.50. The first-order valence-corrected chi connectivity index (χ1v) is 4.50. The van der Waals surface area contributed by atoms with E-state index in [9.17, 15) is 0 Å². The van der Waals surface area contributed by atoms with Crippen LogP contribution in [0.25, 0.3) is 5.41 Å². The zero-order chi connectivity index (χ0) is 10.4. The van der Waals surface area contributed by atoms with Crippen LogP contribution in [0.15, 0.2) is 0 Å². The summed E-state index contributed by atoms with van der Waals surface area (Å²) in [5.41, 5.74) is 0. The zero-order valence-electron chi connectivity index (χ0n) is 8.41. The van der Waals surface area contributed by atoms with E-state index < -0.39 is 0 Å². The van der Waals surface area contributed by atoms with Gasteiger partial charge in [-0.1, -0.05) is 0 Å². The van der Waals surface area contributed by atoms with Gasteiger partial charge in [0.05, 0.1) is 0 Å². The Morgan fingerprint density at radius 3 is 1.77 bits per heavy atom. The molecule has 4 heteroatoms. The molecule has 1 fully saturated rings. The molecule has 0 amide bonds. The average molecular weight is 188 g/mol. The molecular formula is C9H18NO3-. The molecule has 1 saturated heterocycles. The maximum absolute atomic E-state index is 8.24. The fourth-order valence-corrected chi connectivity index (χ4v) is 0.714. The fourth-order valence-electron chi connectivity index (χ4n) is 0.714. The van der Waals surface area contributed by atoms with Gasteiger partial charge in [-0.15, -0.1) is 0 Å². The van der Waals surface area contributed by atoms with E-state index in [0.29, 0.717) is 6.08 Å². The highest BCUT2D eigenvalue weighted by atomic mass is 16.5. The molecule has 0 spiro atoms. The third kappa shape index (κ3) is 24.6. The molecule has 1 heterocycles. The van der Waals surface area contributed by atoms with Crippen LogP contribution in [-0.2, 0) is 14.3 Å². The van der Waals surface area contributed by atoms with E-state index in [1.165, 1.54) is 12.8 Å². The summed E-state index contributed by atoms with van der Waals surface area (Å²) < 4.78 is 9.78. The maximum Gasteiger partial charge on any atom is 0.0466 e. The molecule has 0 aromatic heterocycles. The monoisotopic (exact) mass is 188 g/mol. The van der Waals surface area contributed by atoms with Crippen molar-refractivity contribution >= 4 is 6.08 Å². The minimum absolute atomic E-state index is 0.500. The molecule has 0 N–H and O–H groups in total.